The van der Waals surface area contributed by atoms with Gasteiger partial charge in [-0.1, -0.05) is 35.1 Å². The lowest BCUT2D eigenvalue weighted by Gasteiger charge is -2.10. The van der Waals surface area contributed by atoms with E-state index in [1.165, 1.54) is 10.8 Å². The molecule has 0 aliphatic rings. The normalized spacial score (nSPS) is 11.4. The number of benzene rings is 2. The zero-order valence-corrected chi connectivity index (χ0v) is 21.5. The zero-order chi connectivity index (χ0) is 27.2. The molecule has 196 valence electrons. The van der Waals surface area contributed by atoms with Gasteiger partial charge in [-0.3, -0.25) is 19.1 Å². The van der Waals surface area contributed by atoms with Gasteiger partial charge >= 0.3 is 17.3 Å². The van der Waals surface area contributed by atoms with Gasteiger partial charge in [0.1, 0.15) is 17.2 Å². The summed E-state index contributed by atoms with van der Waals surface area (Å²) in [4.78, 5) is 59.4. The molecule has 2 heterocycles. The number of H-pyrrole nitrogens is 1. The molecule has 12 nitrogen and oxygen atoms in total. The first-order chi connectivity index (χ1) is 18.2. The Kier molecular flexibility index (Phi) is 8.19. The molecule has 1 amide bonds. The number of carboxylic acids is 1. The van der Waals surface area contributed by atoms with Crippen molar-refractivity contribution in [1.82, 2.24) is 24.4 Å². The van der Waals surface area contributed by atoms with Gasteiger partial charge in [-0.25, -0.2) is 24.1 Å². The predicted octanol–water partition coefficient (Wildman–Crippen LogP) is 2.36. The number of carbonyl (C=O) groups excluding carboxylic acids is 1. The number of aliphatic carboxylic acids is 1. The molecule has 0 aliphatic heterocycles. The molecule has 2 aromatic heterocycles. The summed E-state index contributed by atoms with van der Waals surface area (Å²) in [6.07, 6.45) is 1.29. The Bertz CT molecular complexity index is 1650. The lowest BCUT2D eigenvalue weighted by atomic mass is 10.2. The van der Waals surface area contributed by atoms with Crippen LogP contribution in [0.1, 0.15) is 22.2 Å². The standard InChI is InChI=1S/C24H21ClN6O6S/c1-2-30-22(35)29-21(31(24(30)36)13-14-3-5-15(25)6-4-14)28-16-7-9-17(10-8-16)37-23-27-11-18(38-23)20(34)26-12-19(32)33/h3-11H,2,12-13H2,1H3,(H,26,34)(H,32,33)(H,28,29,35). The Balaban J connectivity index is 1.58. The van der Waals surface area contributed by atoms with Gasteiger partial charge in [-0.05, 0) is 48.9 Å². The second-order valence-corrected chi connectivity index (χ2v) is 9.20. The molecule has 0 unspecified atom stereocenters. The van der Waals surface area contributed by atoms with Gasteiger partial charge in [0.05, 0.1) is 18.4 Å². The van der Waals surface area contributed by atoms with Crippen LogP contribution in [0.4, 0.5) is 5.69 Å². The van der Waals surface area contributed by atoms with Crippen LogP contribution in [-0.4, -0.2) is 42.6 Å². The van der Waals surface area contributed by atoms with E-state index in [0.29, 0.717) is 16.5 Å². The molecule has 2 aromatic carbocycles. The van der Waals surface area contributed by atoms with E-state index >= 15 is 0 Å². The number of halogens is 1. The first-order valence-electron chi connectivity index (χ1n) is 11.2. The van der Waals surface area contributed by atoms with Crippen molar-refractivity contribution in [3.05, 3.63) is 96.8 Å². The smallest absolute Gasteiger partial charge is 0.335 e. The third kappa shape index (κ3) is 6.44. The minimum atomic E-state index is -1.16. The second kappa shape index (κ2) is 11.7. The van der Waals surface area contributed by atoms with E-state index in [1.54, 1.807) is 55.5 Å². The van der Waals surface area contributed by atoms with Crippen LogP contribution >= 0.6 is 22.9 Å². The molecule has 0 bridgehead atoms. The van der Waals surface area contributed by atoms with Crippen molar-refractivity contribution < 1.29 is 19.4 Å². The molecule has 0 saturated carbocycles. The van der Waals surface area contributed by atoms with E-state index < -0.39 is 29.8 Å². The van der Waals surface area contributed by atoms with Crippen molar-refractivity contribution in [2.75, 3.05) is 6.54 Å². The molecule has 3 N–H and O–H groups in total. The number of nitrogens with zero attached hydrogens (tertiary/aromatic N) is 4. The Morgan fingerprint density at radius 1 is 1.13 bits per heavy atom. The summed E-state index contributed by atoms with van der Waals surface area (Å²) in [6, 6.07) is 13.5. The minimum absolute atomic E-state index is 0.0743. The predicted molar refractivity (Wildman–Crippen MR) is 139 cm³/mol. The highest BCUT2D eigenvalue weighted by Crippen LogP contribution is 2.27. The zero-order valence-electron chi connectivity index (χ0n) is 19.9. The number of aromatic amines is 1. The first-order valence-corrected chi connectivity index (χ1v) is 12.4. The van der Waals surface area contributed by atoms with Crippen molar-refractivity contribution in [1.29, 1.82) is 0 Å². The fourth-order valence-corrected chi connectivity index (χ4v) is 4.13. The second-order valence-electron chi connectivity index (χ2n) is 7.77. The van der Waals surface area contributed by atoms with E-state index in [2.05, 4.69) is 20.3 Å². The van der Waals surface area contributed by atoms with Crippen LogP contribution in [0.15, 0.2) is 69.3 Å². The number of carbonyl (C=O) groups is 2. The molecule has 0 radical (unpaired) electrons. The average Bonchev–Trinajstić information content (AvgIpc) is 3.36. The van der Waals surface area contributed by atoms with Crippen LogP contribution in [0.3, 0.4) is 0 Å². The quantitative estimate of drug-likeness (QED) is 0.285. The summed E-state index contributed by atoms with van der Waals surface area (Å²) in [5, 5.41) is 11.7. The fourth-order valence-electron chi connectivity index (χ4n) is 3.30. The van der Waals surface area contributed by atoms with Crippen LogP contribution in [-0.2, 0) is 17.9 Å². The molecule has 0 saturated heterocycles. The molecule has 0 atom stereocenters. The van der Waals surface area contributed by atoms with E-state index in [0.717, 1.165) is 21.5 Å². The molecule has 4 aromatic rings. The highest BCUT2D eigenvalue weighted by atomic mass is 35.5. The minimum Gasteiger partial charge on any atom is -0.480 e. The Labute approximate surface area is 223 Å². The molecule has 0 aliphatic carbocycles. The summed E-state index contributed by atoms with van der Waals surface area (Å²) in [6.45, 7) is 1.56. The van der Waals surface area contributed by atoms with Crippen molar-refractivity contribution >= 4 is 40.5 Å². The van der Waals surface area contributed by atoms with E-state index in [1.807, 2.05) is 0 Å². The van der Waals surface area contributed by atoms with Gasteiger partial charge in [0, 0.05) is 11.6 Å². The maximum absolute atomic E-state index is 13.0. The van der Waals surface area contributed by atoms with Crippen molar-refractivity contribution in [2.24, 2.45) is 4.99 Å². The van der Waals surface area contributed by atoms with Crippen LogP contribution in [0, 0.1) is 0 Å². The van der Waals surface area contributed by atoms with Crippen LogP contribution in [0.25, 0.3) is 0 Å². The highest BCUT2D eigenvalue weighted by molar-refractivity contribution is 7.15. The number of rotatable bonds is 9. The SMILES string of the molecule is CCn1c(=O)[nH]/c(=N\c2ccc(Oc3ncc(C(=O)NCC(=O)O)s3)cc2)n(Cc2ccc(Cl)cc2)c1=O. The Morgan fingerprint density at radius 2 is 1.84 bits per heavy atom. The van der Waals surface area contributed by atoms with Gasteiger partial charge < -0.3 is 15.2 Å². The van der Waals surface area contributed by atoms with Crippen molar-refractivity contribution in [3.63, 3.8) is 0 Å². The Hall–Kier alpha value is -4.49. The van der Waals surface area contributed by atoms with Crippen molar-refractivity contribution in [2.45, 2.75) is 20.0 Å². The maximum Gasteiger partial charge on any atom is 0.335 e. The summed E-state index contributed by atoms with van der Waals surface area (Å²) in [5.74, 6) is -1.32. The van der Waals surface area contributed by atoms with Crippen LogP contribution in [0.2, 0.25) is 5.02 Å². The lowest BCUT2D eigenvalue weighted by Crippen LogP contribution is -2.49. The average molecular weight is 557 g/mol. The number of hydrogen-bond donors (Lipinski definition) is 3. The van der Waals surface area contributed by atoms with Gasteiger partial charge in [0.15, 0.2) is 0 Å². The molecular formula is C24H21ClN6O6S. The number of nitrogens with one attached hydrogen (secondary N) is 2. The number of hydrogen-bond acceptors (Lipinski definition) is 8. The summed E-state index contributed by atoms with van der Waals surface area (Å²) < 4.78 is 8.11. The monoisotopic (exact) mass is 556 g/mol. The summed E-state index contributed by atoms with van der Waals surface area (Å²) in [5.41, 5.74) is 0.239. The van der Waals surface area contributed by atoms with Gasteiger partial charge in [-0.2, -0.15) is 0 Å². The summed E-state index contributed by atoms with van der Waals surface area (Å²) in [7, 11) is 0. The van der Waals surface area contributed by atoms with Crippen LogP contribution in [0.5, 0.6) is 10.9 Å². The van der Waals surface area contributed by atoms with Gasteiger partial charge in [0.25, 0.3) is 11.1 Å². The van der Waals surface area contributed by atoms with Crippen LogP contribution < -0.4 is 27.1 Å². The lowest BCUT2D eigenvalue weighted by molar-refractivity contribution is -0.135. The molecule has 14 heteroatoms. The Morgan fingerprint density at radius 3 is 2.50 bits per heavy atom. The van der Waals surface area contributed by atoms with E-state index in [9.17, 15) is 19.2 Å². The molecule has 0 fully saturated rings. The maximum atomic E-state index is 13.0. The molecule has 4 rings (SSSR count). The molecular weight excluding hydrogens is 536 g/mol. The highest BCUT2D eigenvalue weighted by Gasteiger charge is 2.13. The largest absolute Gasteiger partial charge is 0.480 e. The van der Waals surface area contributed by atoms with Gasteiger partial charge in [0.2, 0.25) is 5.62 Å². The topological polar surface area (TPSA) is 161 Å². The van der Waals surface area contributed by atoms with E-state index in [4.69, 9.17) is 21.4 Å². The fraction of sp³-hybridized carbons (Fsp3) is 0.167. The van der Waals surface area contributed by atoms with Gasteiger partial charge in [-0.15, -0.1) is 0 Å². The third-order valence-corrected chi connectivity index (χ3v) is 6.26. The molecule has 38 heavy (non-hydrogen) atoms. The number of aromatic nitrogens is 4. The molecule has 0 spiro atoms. The number of amides is 1. The number of thiazole rings is 1. The third-order valence-electron chi connectivity index (χ3n) is 5.14. The first kappa shape index (κ1) is 26.6. The van der Waals surface area contributed by atoms with E-state index in [-0.39, 0.29) is 28.8 Å². The van der Waals surface area contributed by atoms with Crippen molar-refractivity contribution in [3.8, 4) is 10.9 Å². The number of carboxylic acid groups (broad SMARTS) is 1. The summed E-state index contributed by atoms with van der Waals surface area (Å²) >= 11 is 6.92. The number of ether oxygens (including phenoxy) is 1.